The van der Waals surface area contributed by atoms with E-state index in [1.54, 1.807) is 17.5 Å². The van der Waals surface area contributed by atoms with Gasteiger partial charge in [0, 0.05) is 5.38 Å². The van der Waals surface area contributed by atoms with Crippen molar-refractivity contribution in [3.63, 3.8) is 0 Å². The smallest absolute Gasteiger partial charge is 0.293 e. The molecule has 7 nitrogen and oxygen atoms in total. The molecule has 140 valence electrons. The summed E-state index contributed by atoms with van der Waals surface area (Å²) in [6, 6.07) is 10.9. The van der Waals surface area contributed by atoms with Crippen molar-refractivity contribution in [2.75, 3.05) is 18.5 Å². The van der Waals surface area contributed by atoms with Crippen molar-refractivity contribution in [1.82, 2.24) is 10.3 Å². The van der Waals surface area contributed by atoms with E-state index < -0.39 is 0 Å². The topological polar surface area (TPSA) is 93.5 Å². The van der Waals surface area contributed by atoms with Gasteiger partial charge in [0.1, 0.15) is 12.4 Å². The van der Waals surface area contributed by atoms with E-state index in [9.17, 15) is 9.59 Å². The van der Waals surface area contributed by atoms with Gasteiger partial charge in [0.2, 0.25) is 5.91 Å². The maximum absolute atomic E-state index is 12.0. The van der Waals surface area contributed by atoms with Crippen molar-refractivity contribution in [2.24, 2.45) is 0 Å². The van der Waals surface area contributed by atoms with Crippen LogP contribution >= 0.6 is 11.3 Å². The molecule has 3 aromatic rings. The van der Waals surface area contributed by atoms with Gasteiger partial charge in [-0.3, -0.25) is 14.9 Å². The number of aryl methyl sites for hydroxylation is 1. The molecule has 0 aliphatic carbocycles. The highest BCUT2D eigenvalue weighted by molar-refractivity contribution is 7.14. The first-order chi connectivity index (χ1) is 13.1. The number of para-hydroxylation sites is 1. The van der Waals surface area contributed by atoms with Crippen molar-refractivity contribution < 1.29 is 18.7 Å². The predicted octanol–water partition coefficient (Wildman–Crippen LogP) is 3.03. The molecule has 27 heavy (non-hydrogen) atoms. The van der Waals surface area contributed by atoms with E-state index in [1.165, 1.54) is 17.6 Å². The summed E-state index contributed by atoms with van der Waals surface area (Å²) in [6.07, 6.45) is 1.56. The maximum atomic E-state index is 12.0. The predicted molar refractivity (Wildman–Crippen MR) is 102 cm³/mol. The molecule has 2 amide bonds. The quantitative estimate of drug-likeness (QED) is 0.582. The van der Waals surface area contributed by atoms with Crippen molar-refractivity contribution in [2.45, 2.75) is 13.3 Å². The number of carbonyl (C=O) groups excluding carboxylic acids is 2. The molecular formula is C19H19N3O4S. The number of hydrogen-bond donors (Lipinski definition) is 2. The second-order valence-corrected chi connectivity index (χ2v) is 6.57. The number of thiazole rings is 1. The second kappa shape index (κ2) is 9.00. The molecule has 0 fully saturated rings. The second-order valence-electron chi connectivity index (χ2n) is 5.72. The van der Waals surface area contributed by atoms with Crippen LogP contribution in [0.3, 0.4) is 0 Å². The van der Waals surface area contributed by atoms with Crippen LogP contribution in [0, 0.1) is 6.92 Å². The zero-order valence-electron chi connectivity index (χ0n) is 14.7. The Morgan fingerprint density at radius 1 is 1.22 bits per heavy atom. The Hall–Kier alpha value is -3.13. The highest BCUT2D eigenvalue weighted by Crippen LogP contribution is 2.17. The Bertz CT molecular complexity index is 905. The van der Waals surface area contributed by atoms with Gasteiger partial charge in [-0.15, -0.1) is 11.3 Å². The molecule has 0 aliphatic heterocycles. The Labute approximate surface area is 160 Å². The van der Waals surface area contributed by atoms with Gasteiger partial charge < -0.3 is 14.5 Å². The summed E-state index contributed by atoms with van der Waals surface area (Å²) >= 11 is 1.25. The number of hydrogen-bond acceptors (Lipinski definition) is 6. The summed E-state index contributed by atoms with van der Waals surface area (Å²) < 4.78 is 10.7. The van der Waals surface area contributed by atoms with E-state index in [0.29, 0.717) is 24.0 Å². The van der Waals surface area contributed by atoms with Crippen LogP contribution in [0.4, 0.5) is 5.13 Å². The van der Waals surface area contributed by atoms with Crippen LogP contribution < -0.4 is 15.4 Å². The van der Waals surface area contributed by atoms with Crippen molar-refractivity contribution >= 4 is 28.3 Å². The largest absolute Gasteiger partial charge is 0.491 e. The normalized spacial score (nSPS) is 10.4. The fourth-order valence-electron chi connectivity index (χ4n) is 2.31. The van der Waals surface area contributed by atoms with Crippen molar-refractivity contribution in [1.29, 1.82) is 0 Å². The third-order valence-corrected chi connectivity index (χ3v) is 4.44. The summed E-state index contributed by atoms with van der Waals surface area (Å²) in [7, 11) is 0. The lowest BCUT2D eigenvalue weighted by Crippen LogP contribution is -2.29. The molecule has 0 spiro atoms. The summed E-state index contributed by atoms with van der Waals surface area (Å²) in [4.78, 5) is 28.1. The monoisotopic (exact) mass is 385 g/mol. The lowest BCUT2D eigenvalue weighted by Gasteiger charge is -2.09. The zero-order chi connectivity index (χ0) is 19.1. The zero-order valence-corrected chi connectivity index (χ0v) is 15.5. The Balaban J connectivity index is 1.40. The molecule has 0 aliphatic rings. The van der Waals surface area contributed by atoms with E-state index in [-0.39, 0.29) is 24.0 Å². The molecule has 0 radical (unpaired) electrons. The number of carbonyl (C=O) groups is 2. The molecule has 2 N–H and O–H groups in total. The van der Waals surface area contributed by atoms with Gasteiger partial charge in [-0.2, -0.15) is 0 Å². The highest BCUT2D eigenvalue weighted by Gasteiger charge is 2.12. The van der Waals surface area contributed by atoms with Crippen LogP contribution in [0.15, 0.2) is 52.5 Å². The standard InChI is InChI=1S/C19H19N3O4S/c1-13-5-2-3-6-15(13)26-10-8-20-17(23)11-14-12-27-19(21-14)22-18(24)16-7-4-9-25-16/h2-7,9,12H,8,10-11H2,1H3,(H,20,23)(H,21,22,24). The molecule has 3 rings (SSSR count). The summed E-state index contributed by atoms with van der Waals surface area (Å²) in [6.45, 7) is 2.76. The summed E-state index contributed by atoms with van der Waals surface area (Å²) in [5.74, 6) is 0.484. The van der Waals surface area contributed by atoms with Crippen LogP contribution in [0.5, 0.6) is 5.75 Å². The Morgan fingerprint density at radius 3 is 2.85 bits per heavy atom. The Morgan fingerprint density at radius 2 is 2.07 bits per heavy atom. The number of nitrogens with zero attached hydrogens (tertiary/aromatic N) is 1. The minimum Gasteiger partial charge on any atom is -0.491 e. The van der Waals surface area contributed by atoms with Gasteiger partial charge >= 0.3 is 0 Å². The van der Waals surface area contributed by atoms with E-state index in [1.807, 2.05) is 31.2 Å². The number of anilines is 1. The van der Waals surface area contributed by atoms with Crippen molar-refractivity contribution in [3.8, 4) is 5.75 Å². The summed E-state index contributed by atoms with van der Waals surface area (Å²) in [5.41, 5.74) is 1.64. The van der Waals surface area contributed by atoms with Crippen LogP contribution in [0.1, 0.15) is 21.8 Å². The van der Waals surface area contributed by atoms with E-state index >= 15 is 0 Å². The van der Waals surface area contributed by atoms with Gasteiger partial charge in [-0.05, 0) is 30.7 Å². The lowest BCUT2D eigenvalue weighted by atomic mass is 10.2. The number of amides is 2. The van der Waals surface area contributed by atoms with Gasteiger partial charge in [0.25, 0.3) is 5.91 Å². The SMILES string of the molecule is Cc1ccccc1OCCNC(=O)Cc1csc(NC(=O)c2ccco2)n1. The lowest BCUT2D eigenvalue weighted by molar-refractivity contribution is -0.120. The number of nitrogens with one attached hydrogen (secondary N) is 2. The van der Waals surface area contributed by atoms with Crippen LogP contribution in [0.25, 0.3) is 0 Å². The van der Waals surface area contributed by atoms with E-state index in [0.717, 1.165) is 11.3 Å². The minimum absolute atomic E-state index is 0.136. The van der Waals surface area contributed by atoms with Crippen molar-refractivity contribution in [3.05, 3.63) is 65.1 Å². The summed E-state index contributed by atoms with van der Waals surface area (Å²) in [5, 5.41) is 7.58. The van der Waals surface area contributed by atoms with Crippen LogP contribution in [-0.4, -0.2) is 29.9 Å². The molecule has 0 bridgehead atoms. The Kier molecular flexibility index (Phi) is 6.22. The number of furan rings is 1. The van der Waals surface area contributed by atoms with Crippen LogP contribution in [0.2, 0.25) is 0 Å². The van der Waals surface area contributed by atoms with E-state index in [2.05, 4.69) is 15.6 Å². The number of aromatic nitrogens is 1. The van der Waals surface area contributed by atoms with E-state index in [4.69, 9.17) is 9.15 Å². The molecule has 0 saturated carbocycles. The molecule has 0 atom stereocenters. The fraction of sp³-hybridized carbons (Fsp3) is 0.211. The minimum atomic E-state index is -0.376. The fourth-order valence-corrected chi connectivity index (χ4v) is 3.01. The molecule has 0 unspecified atom stereocenters. The molecule has 8 heteroatoms. The molecule has 1 aromatic carbocycles. The third-order valence-electron chi connectivity index (χ3n) is 3.63. The maximum Gasteiger partial charge on any atom is 0.293 e. The van der Waals surface area contributed by atoms with Gasteiger partial charge in [-0.25, -0.2) is 4.98 Å². The third kappa shape index (κ3) is 5.42. The molecular weight excluding hydrogens is 366 g/mol. The first-order valence-electron chi connectivity index (χ1n) is 8.36. The number of ether oxygens (including phenoxy) is 1. The van der Waals surface area contributed by atoms with Gasteiger partial charge in [0.05, 0.1) is 24.9 Å². The highest BCUT2D eigenvalue weighted by atomic mass is 32.1. The first kappa shape index (κ1) is 18.7. The molecule has 0 saturated heterocycles. The average molecular weight is 385 g/mol. The van der Waals surface area contributed by atoms with Gasteiger partial charge in [-0.1, -0.05) is 18.2 Å². The first-order valence-corrected chi connectivity index (χ1v) is 9.24. The molecule has 2 aromatic heterocycles. The van der Waals surface area contributed by atoms with Crippen LogP contribution in [-0.2, 0) is 11.2 Å². The number of rotatable bonds is 8. The molecule has 2 heterocycles. The number of benzene rings is 1. The van der Waals surface area contributed by atoms with Gasteiger partial charge in [0.15, 0.2) is 10.9 Å². The average Bonchev–Trinajstić information content (AvgIpc) is 3.32.